The molecule has 0 unspecified atom stereocenters. The van der Waals surface area contributed by atoms with Crippen molar-refractivity contribution in [2.24, 2.45) is 5.92 Å². The monoisotopic (exact) mass is 127 g/mol. The summed E-state index contributed by atoms with van der Waals surface area (Å²) in [6, 6.07) is 2.20. The van der Waals surface area contributed by atoms with Crippen LogP contribution in [0.5, 0.6) is 0 Å². The molecule has 0 saturated carbocycles. The molecule has 0 aromatic heterocycles. The van der Waals surface area contributed by atoms with E-state index in [-0.39, 0.29) is 0 Å². The first-order valence-electron chi connectivity index (χ1n) is 2.88. The third-order valence-corrected chi connectivity index (χ3v) is 2.64. The summed E-state index contributed by atoms with van der Waals surface area (Å²) in [5, 5.41) is 8.27. The fourth-order valence-electron chi connectivity index (χ4n) is 0.873. The number of hydrogen-bond donors (Lipinski definition) is 0. The maximum atomic E-state index is 8.27. The van der Waals surface area contributed by atoms with Gasteiger partial charge in [0.25, 0.3) is 0 Å². The van der Waals surface area contributed by atoms with Gasteiger partial charge in [0.1, 0.15) is 0 Å². The Balaban J connectivity index is 2.17. The van der Waals surface area contributed by atoms with Gasteiger partial charge >= 0.3 is 0 Å². The van der Waals surface area contributed by atoms with Crippen molar-refractivity contribution in [3.8, 4) is 6.07 Å². The summed E-state index contributed by atoms with van der Waals surface area (Å²) >= 11 is 1.97. The zero-order chi connectivity index (χ0) is 5.82. The first kappa shape index (κ1) is 5.97. The van der Waals surface area contributed by atoms with Crippen LogP contribution in [0, 0.1) is 17.2 Å². The number of thioether (sulfide) groups is 1. The average Bonchev–Trinajstić information content (AvgIpc) is 2.19. The minimum absolute atomic E-state index is 0.713. The van der Waals surface area contributed by atoms with Crippen LogP contribution in [0.1, 0.15) is 12.8 Å². The highest BCUT2D eigenvalue weighted by molar-refractivity contribution is 7.99. The SMILES string of the molecule is N#CC[C@@H]1CCSC1. The van der Waals surface area contributed by atoms with Crippen molar-refractivity contribution in [3.05, 3.63) is 0 Å². The third kappa shape index (κ3) is 1.41. The second kappa shape index (κ2) is 2.99. The van der Waals surface area contributed by atoms with Crippen LogP contribution in [-0.2, 0) is 0 Å². The van der Waals surface area contributed by atoms with Crippen LogP contribution in [0.25, 0.3) is 0 Å². The number of nitriles is 1. The maximum absolute atomic E-state index is 8.27. The summed E-state index contributed by atoms with van der Waals surface area (Å²) in [5.74, 6) is 3.20. The molecule has 1 atom stereocenters. The van der Waals surface area contributed by atoms with Crippen LogP contribution in [0.4, 0.5) is 0 Å². The van der Waals surface area contributed by atoms with Crippen LogP contribution in [-0.4, -0.2) is 11.5 Å². The summed E-state index contributed by atoms with van der Waals surface area (Å²) in [6.45, 7) is 0. The molecule has 8 heavy (non-hydrogen) atoms. The van der Waals surface area contributed by atoms with E-state index in [9.17, 15) is 0 Å². The van der Waals surface area contributed by atoms with E-state index >= 15 is 0 Å². The lowest BCUT2D eigenvalue weighted by molar-refractivity contribution is 0.615. The lowest BCUT2D eigenvalue weighted by Gasteiger charge is -1.96. The lowest BCUT2D eigenvalue weighted by atomic mass is 10.1. The molecule has 1 heterocycles. The Morgan fingerprint density at radius 1 is 1.75 bits per heavy atom. The quantitative estimate of drug-likeness (QED) is 0.534. The van der Waals surface area contributed by atoms with Gasteiger partial charge in [-0.3, -0.25) is 0 Å². The summed E-state index contributed by atoms with van der Waals surface area (Å²) in [4.78, 5) is 0. The van der Waals surface area contributed by atoms with Crippen LogP contribution >= 0.6 is 11.8 Å². The van der Waals surface area contributed by atoms with Gasteiger partial charge in [0.05, 0.1) is 6.07 Å². The van der Waals surface area contributed by atoms with E-state index in [1.165, 1.54) is 17.9 Å². The Hall–Kier alpha value is -0.160. The molecule has 1 aliphatic rings. The van der Waals surface area contributed by atoms with Gasteiger partial charge in [0, 0.05) is 6.42 Å². The molecule has 0 aliphatic carbocycles. The Kier molecular flexibility index (Phi) is 2.23. The smallest absolute Gasteiger partial charge is 0.0624 e. The van der Waals surface area contributed by atoms with Gasteiger partial charge in [0.2, 0.25) is 0 Å². The van der Waals surface area contributed by atoms with E-state index in [2.05, 4.69) is 6.07 Å². The summed E-state index contributed by atoms with van der Waals surface area (Å²) in [5.41, 5.74) is 0. The minimum atomic E-state index is 0.713. The molecule has 0 radical (unpaired) electrons. The molecular formula is C6H9NS. The third-order valence-electron chi connectivity index (χ3n) is 1.40. The molecular weight excluding hydrogens is 118 g/mol. The highest BCUT2D eigenvalue weighted by atomic mass is 32.2. The molecule has 2 heteroatoms. The Morgan fingerprint density at radius 3 is 3.12 bits per heavy atom. The standard InChI is InChI=1S/C6H9NS/c7-3-1-6-2-4-8-5-6/h6H,1-2,4-5H2/t6-/m1/s1. The second-order valence-corrected chi connectivity index (χ2v) is 3.24. The number of hydrogen-bond acceptors (Lipinski definition) is 2. The van der Waals surface area contributed by atoms with Crippen LogP contribution in [0.15, 0.2) is 0 Å². The molecule has 1 nitrogen and oxygen atoms in total. The Labute approximate surface area is 54.1 Å². The predicted octanol–water partition coefficient (Wildman–Crippen LogP) is 1.65. The van der Waals surface area contributed by atoms with Gasteiger partial charge in [-0.25, -0.2) is 0 Å². The molecule has 1 fully saturated rings. The van der Waals surface area contributed by atoms with Gasteiger partial charge in [0.15, 0.2) is 0 Å². The molecule has 0 N–H and O–H groups in total. The van der Waals surface area contributed by atoms with Crippen molar-refractivity contribution in [1.82, 2.24) is 0 Å². The molecule has 1 rings (SSSR count). The fourth-order valence-corrected chi connectivity index (χ4v) is 2.16. The highest BCUT2D eigenvalue weighted by Crippen LogP contribution is 2.25. The van der Waals surface area contributed by atoms with Gasteiger partial charge in [-0.1, -0.05) is 0 Å². The van der Waals surface area contributed by atoms with Gasteiger partial charge in [-0.05, 0) is 23.8 Å². The molecule has 0 bridgehead atoms. The van der Waals surface area contributed by atoms with Gasteiger partial charge in [-0.15, -0.1) is 0 Å². The van der Waals surface area contributed by atoms with E-state index in [4.69, 9.17) is 5.26 Å². The molecule has 1 saturated heterocycles. The lowest BCUT2D eigenvalue weighted by Crippen LogP contribution is -1.93. The van der Waals surface area contributed by atoms with Crippen molar-refractivity contribution >= 4 is 11.8 Å². The van der Waals surface area contributed by atoms with Crippen LogP contribution in [0.2, 0.25) is 0 Å². The average molecular weight is 127 g/mol. The van der Waals surface area contributed by atoms with E-state index in [0.29, 0.717) is 5.92 Å². The summed E-state index contributed by atoms with van der Waals surface area (Å²) in [7, 11) is 0. The summed E-state index contributed by atoms with van der Waals surface area (Å²) in [6.07, 6.45) is 2.03. The number of nitrogens with zero attached hydrogens (tertiary/aromatic N) is 1. The minimum Gasteiger partial charge on any atom is -0.198 e. The van der Waals surface area contributed by atoms with Crippen molar-refractivity contribution in [3.63, 3.8) is 0 Å². The van der Waals surface area contributed by atoms with Crippen molar-refractivity contribution in [1.29, 1.82) is 5.26 Å². The highest BCUT2D eigenvalue weighted by Gasteiger charge is 2.13. The molecule has 44 valence electrons. The van der Waals surface area contributed by atoms with Crippen LogP contribution < -0.4 is 0 Å². The van der Waals surface area contributed by atoms with E-state index in [1.54, 1.807) is 0 Å². The second-order valence-electron chi connectivity index (χ2n) is 2.09. The Bertz CT molecular complexity index is 99.6. The van der Waals surface area contributed by atoms with E-state index < -0.39 is 0 Å². The maximum Gasteiger partial charge on any atom is 0.0624 e. The molecule has 0 aromatic carbocycles. The molecule has 0 spiro atoms. The van der Waals surface area contributed by atoms with E-state index in [1.807, 2.05) is 11.8 Å². The van der Waals surface area contributed by atoms with Crippen molar-refractivity contribution < 1.29 is 0 Å². The van der Waals surface area contributed by atoms with Gasteiger partial charge < -0.3 is 0 Å². The van der Waals surface area contributed by atoms with Gasteiger partial charge in [-0.2, -0.15) is 17.0 Å². The first-order chi connectivity index (χ1) is 3.93. The largest absolute Gasteiger partial charge is 0.198 e. The Morgan fingerprint density at radius 2 is 2.62 bits per heavy atom. The number of rotatable bonds is 1. The van der Waals surface area contributed by atoms with Crippen molar-refractivity contribution in [2.45, 2.75) is 12.8 Å². The van der Waals surface area contributed by atoms with Crippen molar-refractivity contribution in [2.75, 3.05) is 11.5 Å². The molecule has 1 aliphatic heterocycles. The molecule has 0 amide bonds. The first-order valence-corrected chi connectivity index (χ1v) is 4.03. The normalized spacial score (nSPS) is 27.6. The molecule has 0 aromatic rings. The van der Waals surface area contributed by atoms with Crippen LogP contribution in [0.3, 0.4) is 0 Å². The van der Waals surface area contributed by atoms with E-state index in [0.717, 1.165) is 6.42 Å². The topological polar surface area (TPSA) is 23.8 Å². The fraction of sp³-hybridized carbons (Fsp3) is 0.833. The zero-order valence-electron chi connectivity index (χ0n) is 4.76. The summed E-state index contributed by atoms with van der Waals surface area (Å²) < 4.78 is 0. The zero-order valence-corrected chi connectivity index (χ0v) is 5.58. The predicted molar refractivity (Wildman–Crippen MR) is 35.7 cm³/mol.